The van der Waals surface area contributed by atoms with Crippen molar-refractivity contribution in [1.29, 1.82) is 0 Å². The molecule has 0 unspecified atom stereocenters. The summed E-state index contributed by atoms with van der Waals surface area (Å²) in [6.07, 6.45) is 1.87. The lowest BCUT2D eigenvalue weighted by atomic mass is 10.0. The van der Waals surface area contributed by atoms with Gasteiger partial charge in [0.1, 0.15) is 0 Å². The van der Waals surface area contributed by atoms with E-state index in [2.05, 4.69) is 17.1 Å². The highest BCUT2D eigenvalue weighted by molar-refractivity contribution is 5.92. The molecule has 0 bridgehead atoms. The maximum absolute atomic E-state index is 11.6. The van der Waals surface area contributed by atoms with Crippen LogP contribution in [0.5, 0.6) is 0 Å². The zero-order valence-electron chi connectivity index (χ0n) is 12.0. The van der Waals surface area contributed by atoms with Crippen molar-refractivity contribution in [3.05, 3.63) is 65.9 Å². The molecule has 0 fully saturated rings. The minimum Gasteiger partial charge on any atom is -0.465 e. The van der Waals surface area contributed by atoms with E-state index in [0.717, 1.165) is 27.6 Å². The van der Waals surface area contributed by atoms with Crippen molar-refractivity contribution in [3.63, 3.8) is 0 Å². The SMILES string of the molecule is COC(=O)c1ccc(-c2cc3ccccc3cn2)cc1C. The standard InChI is InChI=1S/C18H15NO2/c1-12-9-14(7-8-16(12)18(20)21-2)17-10-13-5-3-4-6-15(13)11-19-17/h3-11H,1-2H3. The fourth-order valence-corrected chi connectivity index (χ4v) is 2.40. The van der Waals surface area contributed by atoms with Gasteiger partial charge < -0.3 is 4.74 Å². The van der Waals surface area contributed by atoms with E-state index in [-0.39, 0.29) is 5.97 Å². The number of methoxy groups -OCH3 is 1. The summed E-state index contributed by atoms with van der Waals surface area (Å²) in [7, 11) is 1.39. The van der Waals surface area contributed by atoms with Gasteiger partial charge in [0.2, 0.25) is 0 Å². The van der Waals surface area contributed by atoms with Gasteiger partial charge in [-0.3, -0.25) is 4.98 Å². The number of hydrogen-bond donors (Lipinski definition) is 0. The normalized spacial score (nSPS) is 10.6. The van der Waals surface area contributed by atoms with E-state index < -0.39 is 0 Å². The maximum Gasteiger partial charge on any atom is 0.338 e. The molecular formula is C18H15NO2. The molecule has 0 saturated carbocycles. The maximum atomic E-state index is 11.6. The summed E-state index contributed by atoms with van der Waals surface area (Å²) in [5.41, 5.74) is 3.36. The van der Waals surface area contributed by atoms with Crippen LogP contribution < -0.4 is 0 Å². The van der Waals surface area contributed by atoms with Crippen LogP contribution in [0.4, 0.5) is 0 Å². The Balaban J connectivity index is 2.06. The quantitative estimate of drug-likeness (QED) is 0.665. The second kappa shape index (κ2) is 5.37. The van der Waals surface area contributed by atoms with E-state index >= 15 is 0 Å². The third-order valence-corrected chi connectivity index (χ3v) is 3.56. The average molecular weight is 277 g/mol. The zero-order valence-corrected chi connectivity index (χ0v) is 12.0. The second-order valence-corrected chi connectivity index (χ2v) is 4.94. The number of rotatable bonds is 2. The number of aryl methyl sites for hydroxylation is 1. The van der Waals surface area contributed by atoms with Crippen molar-refractivity contribution in [3.8, 4) is 11.3 Å². The number of esters is 1. The fraction of sp³-hybridized carbons (Fsp3) is 0.111. The molecule has 0 aliphatic rings. The molecule has 0 N–H and O–H groups in total. The number of benzene rings is 2. The van der Waals surface area contributed by atoms with Gasteiger partial charge in [-0.1, -0.05) is 30.3 Å². The third kappa shape index (κ3) is 2.50. The molecule has 0 radical (unpaired) electrons. The molecule has 0 saturated heterocycles. The monoisotopic (exact) mass is 277 g/mol. The zero-order chi connectivity index (χ0) is 14.8. The van der Waals surface area contributed by atoms with Crippen molar-refractivity contribution in [2.24, 2.45) is 0 Å². The third-order valence-electron chi connectivity index (χ3n) is 3.56. The van der Waals surface area contributed by atoms with E-state index in [9.17, 15) is 4.79 Å². The highest BCUT2D eigenvalue weighted by Crippen LogP contribution is 2.24. The van der Waals surface area contributed by atoms with E-state index in [0.29, 0.717) is 5.56 Å². The summed E-state index contributed by atoms with van der Waals surface area (Å²) in [4.78, 5) is 16.1. The number of fused-ring (bicyclic) bond motifs is 1. The Morgan fingerprint density at radius 1 is 1.05 bits per heavy atom. The molecule has 1 heterocycles. The van der Waals surface area contributed by atoms with E-state index in [1.165, 1.54) is 7.11 Å². The molecule has 0 aliphatic carbocycles. The number of hydrogen-bond acceptors (Lipinski definition) is 3. The van der Waals surface area contributed by atoms with Crippen molar-refractivity contribution in [2.75, 3.05) is 7.11 Å². The minimum absolute atomic E-state index is 0.314. The van der Waals surface area contributed by atoms with Crippen LogP contribution in [0.1, 0.15) is 15.9 Å². The topological polar surface area (TPSA) is 39.2 Å². The first-order valence-corrected chi connectivity index (χ1v) is 6.73. The summed E-state index contributed by atoms with van der Waals surface area (Å²) in [6.45, 7) is 1.90. The number of pyridine rings is 1. The Kier molecular flexibility index (Phi) is 3.40. The molecule has 0 atom stereocenters. The summed E-state index contributed by atoms with van der Waals surface area (Å²) in [6, 6.07) is 15.8. The summed E-state index contributed by atoms with van der Waals surface area (Å²) >= 11 is 0. The molecule has 1 aromatic heterocycles. The first kappa shape index (κ1) is 13.3. The van der Waals surface area contributed by atoms with Gasteiger partial charge in [-0.25, -0.2) is 4.79 Å². The van der Waals surface area contributed by atoms with Crippen LogP contribution in [0, 0.1) is 6.92 Å². The van der Waals surface area contributed by atoms with Crippen LogP contribution in [0.2, 0.25) is 0 Å². The van der Waals surface area contributed by atoms with Crippen LogP contribution >= 0.6 is 0 Å². The summed E-state index contributed by atoms with van der Waals surface area (Å²) in [5, 5.41) is 2.27. The molecule has 0 spiro atoms. The van der Waals surface area contributed by atoms with Gasteiger partial charge in [-0.2, -0.15) is 0 Å². The van der Waals surface area contributed by atoms with Crippen molar-refractivity contribution >= 4 is 16.7 Å². The Hall–Kier alpha value is -2.68. The highest BCUT2D eigenvalue weighted by atomic mass is 16.5. The Labute approximate surface area is 123 Å². The van der Waals surface area contributed by atoms with Crippen molar-refractivity contribution < 1.29 is 9.53 Å². The van der Waals surface area contributed by atoms with E-state index in [4.69, 9.17) is 4.74 Å². The lowest BCUT2D eigenvalue weighted by Crippen LogP contribution is -2.03. The molecule has 3 rings (SSSR count). The molecule has 21 heavy (non-hydrogen) atoms. The minimum atomic E-state index is -0.314. The van der Waals surface area contributed by atoms with Gasteiger partial charge in [-0.05, 0) is 36.1 Å². The van der Waals surface area contributed by atoms with Gasteiger partial charge in [0.15, 0.2) is 0 Å². The van der Waals surface area contributed by atoms with Crippen LogP contribution in [-0.4, -0.2) is 18.1 Å². The van der Waals surface area contributed by atoms with Crippen LogP contribution in [0.3, 0.4) is 0 Å². The van der Waals surface area contributed by atoms with Crippen molar-refractivity contribution in [2.45, 2.75) is 6.92 Å². The Bertz CT molecular complexity index is 824. The van der Waals surface area contributed by atoms with Crippen molar-refractivity contribution in [1.82, 2.24) is 4.98 Å². The number of carbonyl (C=O) groups is 1. The Morgan fingerprint density at radius 2 is 1.81 bits per heavy atom. The molecule has 3 nitrogen and oxygen atoms in total. The molecule has 3 heteroatoms. The molecule has 3 aromatic rings. The number of ether oxygens (including phenoxy) is 1. The smallest absolute Gasteiger partial charge is 0.338 e. The summed E-state index contributed by atoms with van der Waals surface area (Å²) < 4.78 is 4.77. The lowest BCUT2D eigenvalue weighted by molar-refractivity contribution is 0.0600. The molecule has 0 aliphatic heterocycles. The number of nitrogens with zero attached hydrogens (tertiary/aromatic N) is 1. The van der Waals surface area contributed by atoms with Gasteiger partial charge in [0.25, 0.3) is 0 Å². The molecular weight excluding hydrogens is 262 g/mol. The van der Waals surface area contributed by atoms with Crippen LogP contribution in [-0.2, 0) is 4.74 Å². The fourth-order valence-electron chi connectivity index (χ4n) is 2.40. The number of aromatic nitrogens is 1. The first-order chi connectivity index (χ1) is 10.2. The van der Waals surface area contributed by atoms with Gasteiger partial charge in [0.05, 0.1) is 18.4 Å². The van der Waals surface area contributed by atoms with Gasteiger partial charge >= 0.3 is 5.97 Å². The molecule has 104 valence electrons. The first-order valence-electron chi connectivity index (χ1n) is 6.73. The summed E-state index contributed by atoms with van der Waals surface area (Å²) in [5.74, 6) is -0.314. The predicted molar refractivity (Wildman–Crippen MR) is 83.3 cm³/mol. The van der Waals surface area contributed by atoms with Gasteiger partial charge in [-0.15, -0.1) is 0 Å². The highest BCUT2D eigenvalue weighted by Gasteiger charge is 2.10. The molecule has 0 amide bonds. The predicted octanol–water partition coefficient (Wildman–Crippen LogP) is 4.00. The number of carbonyl (C=O) groups excluding carboxylic acids is 1. The van der Waals surface area contributed by atoms with Crippen LogP contribution in [0.25, 0.3) is 22.0 Å². The van der Waals surface area contributed by atoms with Gasteiger partial charge in [0, 0.05) is 17.1 Å². The largest absolute Gasteiger partial charge is 0.465 e. The van der Waals surface area contributed by atoms with E-state index in [1.807, 2.05) is 43.5 Å². The van der Waals surface area contributed by atoms with Crippen LogP contribution in [0.15, 0.2) is 54.7 Å². The molecule has 2 aromatic carbocycles. The Morgan fingerprint density at radius 3 is 2.52 bits per heavy atom. The van der Waals surface area contributed by atoms with E-state index in [1.54, 1.807) is 6.07 Å². The lowest BCUT2D eigenvalue weighted by Gasteiger charge is -2.07. The second-order valence-electron chi connectivity index (χ2n) is 4.94. The average Bonchev–Trinajstić information content (AvgIpc) is 2.53.